The van der Waals surface area contributed by atoms with Crippen LogP contribution in [0.25, 0.3) is 24.3 Å². The van der Waals surface area contributed by atoms with Gasteiger partial charge in [-0.1, -0.05) is 177 Å². The van der Waals surface area contributed by atoms with Gasteiger partial charge in [0.25, 0.3) is 0 Å². The van der Waals surface area contributed by atoms with Gasteiger partial charge in [-0.25, -0.2) is 18.8 Å². The largest absolute Gasteiger partial charge is 0.463 e. The second-order valence-electron chi connectivity index (χ2n) is 29.4. The first kappa shape index (κ1) is 105. The van der Waals surface area contributed by atoms with Gasteiger partial charge < -0.3 is 33.7 Å². The molecule has 0 aliphatic rings. The minimum Gasteiger partial charge on any atom is -0.463 e. The number of carbonyl (C=O) groups excluding carboxylic acids is 4. The lowest BCUT2D eigenvalue weighted by molar-refractivity contribution is -0.139. The van der Waals surface area contributed by atoms with Crippen LogP contribution in [0.15, 0.2) is 133 Å². The topological polar surface area (TPSA) is 136 Å². The molecular weight excluding hydrogens is 1470 g/mol. The Kier molecular flexibility index (Phi) is 62.3. The molecule has 0 radical (unpaired) electrons. The number of allylic oxidation sites excluding steroid dienone is 1. The third kappa shape index (κ3) is 79.3. The summed E-state index contributed by atoms with van der Waals surface area (Å²) in [5.41, 5.74) is 6.18. The molecule has 0 aromatic heterocycles. The van der Waals surface area contributed by atoms with E-state index in [-0.39, 0.29) is 35.0 Å². The van der Waals surface area contributed by atoms with Crippen molar-refractivity contribution < 1.29 is 52.0 Å². The zero-order valence-electron chi connectivity index (χ0n) is 71.2. The van der Waals surface area contributed by atoms with Crippen LogP contribution >= 0.6 is 0 Å². The number of nitrogens with one attached hydrogen (secondary N) is 1. The number of hydrogen-bond donors (Lipinski definition) is 1. The van der Waals surface area contributed by atoms with E-state index in [1.54, 1.807) is 43.4 Å². The molecule has 0 bridgehead atoms. The molecule has 0 amide bonds. The average Bonchev–Trinajstić information content (AvgIpc) is 0.948. The van der Waals surface area contributed by atoms with Crippen molar-refractivity contribution in [2.45, 2.75) is 167 Å². The zero-order valence-corrected chi connectivity index (χ0v) is 71.2. The SMILES string of the molecule is C#CC#CC#CC#CC#CC#CC#CC#CC#CC#CC#CC#CC#CC#CC#CC#CC.CC(C)(C)CCCCOC(=O)/C=C/c1ccc(F)cc1.CC(C)(C)CCCOCCOC(=O)/C=C/c1ccccc1.CC(C)(C)NCCOCCOCCCC(=O)/C=C/c1ccccc1.Cc1ccc(/C=C/C(=O)OCCCCC(C)(C)C)cc1. The molecule has 0 spiro atoms. The van der Waals surface area contributed by atoms with Crippen molar-refractivity contribution in [1.82, 2.24) is 5.32 Å². The van der Waals surface area contributed by atoms with Crippen LogP contribution in [0.5, 0.6) is 0 Å². The summed E-state index contributed by atoms with van der Waals surface area (Å²) in [5.74, 6) is 75.8. The van der Waals surface area contributed by atoms with Gasteiger partial charge in [-0.3, -0.25) is 4.79 Å². The van der Waals surface area contributed by atoms with E-state index in [2.05, 4.69) is 272 Å². The minimum absolute atomic E-state index is 0.126. The van der Waals surface area contributed by atoms with Gasteiger partial charge in [-0.05, 0) is 262 Å². The monoisotopic (exact) mass is 1580 g/mol. The molecule has 118 heavy (non-hydrogen) atoms. The molecule has 4 aromatic rings. The maximum absolute atomic E-state index is 12.7. The molecule has 606 valence electrons. The number of aryl methyl sites for hydroxylation is 1. The first-order chi connectivity index (χ1) is 56.6. The number of unbranched alkanes of at least 4 members (excludes halogenated alkanes) is 2. The first-order valence-corrected chi connectivity index (χ1v) is 38.6. The summed E-state index contributed by atoms with van der Waals surface area (Å²) < 4.78 is 44.4. The predicted octanol–water partition coefficient (Wildman–Crippen LogP) is 17.6. The number of carbonyl (C=O) groups is 4. The molecule has 0 aliphatic carbocycles. The van der Waals surface area contributed by atoms with Crippen molar-refractivity contribution in [2.24, 2.45) is 16.2 Å². The van der Waals surface area contributed by atoms with E-state index in [9.17, 15) is 23.6 Å². The van der Waals surface area contributed by atoms with Crippen molar-refractivity contribution in [2.75, 3.05) is 66.0 Å². The van der Waals surface area contributed by atoms with Crippen LogP contribution in [0.4, 0.5) is 4.39 Å². The number of rotatable bonds is 32. The first-order valence-electron chi connectivity index (χ1n) is 38.6. The number of benzene rings is 4. The fourth-order valence-electron chi connectivity index (χ4n) is 8.27. The Bertz CT molecular complexity index is 4830. The van der Waals surface area contributed by atoms with E-state index in [4.69, 9.17) is 34.8 Å². The molecule has 0 saturated heterocycles. The second-order valence-corrected chi connectivity index (χ2v) is 29.4. The van der Waals surface area contributed by atoms with Crippen LogP contribution in [0.2, 0.25) is 0 Å². The highest BCUT2D eigenvalue weighted by molar-refractivity contribution is 5.93. The summed E-state index contributed by atoms with van der Waals surface area (Å²) in [6.07, 6.45) is 27.5. The van der Waals surface area contributed by atoms with Crippen LogP contribution in [0.3, 0.4) is 0 Å². The molecule has 0 fully saturated rings. The highest BCUT2D eigenvalue weighted by atomic mass is 19.1. The molecule has 4 aromatic carbocycles. The van der Waals surface area contributed by atoms with Gasteiger partial charge in [0, 0.05) is 133 Å². The smallest absolute Gasteiger partial charge is 0.330 e. The van der Waals surface area contributed by atoms with Gasteiger partial charge >= 0.3 is 17.9 Å². The second kappa shape index (κ2) is 70.3. The number of esters is 3. The molecule has 4 rings (SSSR count). The lowest BCUT2D eigenvalue weighted by Crippen LogP contribution is -2.38. The van der Waals surface area contributed by atoms with Crippen LogP contribution in [-0.2, 0) is 47.6 Å². The molecule has 0 unspecified atom stereocenters. The highest BCUT2D eigenvalue weighted by Gasteiger charge is 2.12. The summed E-state index contributed by atoms with van der Waals surface area (Å²) in [7, 11) is 0. The van der Waals surface area contributed by atoms with Gasteiger partial charge in [-0.15, -0.1) is 6.42 Å². The van der Waals surface area contributed by atoms with Crippen molar-refractivity contribution in [3.63, 3.8) is 0 Å². The summed E-state index contributed by atoms with van der Waals surface area (Å²) in [4.78, 5) is 46.2. The van der Waals surface area contributed by atoms with E-state index in [0.29, 0.717) is 82.1 Å². The van der Waals surface area contributed by atoms with Crippen molar-refractivity contribution in [1.29, 1.82) is 0 Å². The molecule has 12 heteroatoms. The third-order valence-electron chi connectivity index (χ3n) is 14.0. The fraction of sp³-hybridized carbons (Fsp3) is 0.358. The van der Waals surface area contributed by atoms with Gasteiger partial charge in [0.2, 0.25) is 0 Å². The number of halogens is 1. The normalized spacial score (nSPS) is 9.61. The number of ether oxygens (including phenoxy) is 6. The van der Waals surface area contributed by atoms with Crippen molar-refractivity contribution in [3.8, 4) is 190 Å². The molecule has 1 N–H and O–H groups in total. The lowest BCUT2D eigenvalue weighted by atomic mass is 9.90. The Morgan fingerprint density at radius 1 is 0.347 bits per heavy atom. The van der Waals surface area contributed by atoms with Crippen LogP contribution in [-0.4, -0.2) is 95.2 Å². The van der Waals surface area contributed by atoms with Crippen LogP contribution < -0.4 is 5.32 Å². The summed E-state index contributed by atoms with van der Waals surface area (Å²) in [5, 5.41) is 3.36. The van der Waals surface area contributed by atoms with Crippen LogP contribution in [0, 0.1) is 219 Å². The van der Waals surface area contributed by atoms with E-state index >= 15 is 0 Å². The number of ketones is 1. The zero-order chi connectivity index (χ0) is 87.2. The van der Waals surface area contributed by atoms with E-state index in [0.717, 1.165) is 86.6 Å². The van der Waals surface area contributed by atoms with Crippen molar-refractivity contribution in [3.05, 3.63) is 167 Å². The Morgan fingerprint density at radius 3 is 1.01 bits per heavy atom. The molecule has 0 saturated carbocycles. The van der Waals surface area contributed by atoms with Crippen LogP contribution in [0.1, 0.15) is 182 Å². The number of terminal acetylenes is 1. The Labute approximate surface area is 707 Å². The molecule has 0 aliphatic heterocycles. The molecular formula is C106H110FNO10. The highest BCUT2D eigenvalue weighted by Crippen LogP contribution is 2.23. The number of hydrogen-bond acceptors (Lipinski definition) is 11. The summed E-state index contributed by atoms with van der Waals surface area (Å²) in [6, 6.07) is 33.5. The summed E-state index contributed by atoms with van der Waals surface area (Å²) in [6.45, 7) is 35.8. The third-order valence-corrected chi connectivity index (χ3v) is 14.0. The van der Waals surface area contributed by atoms with Gasteiger partial charge in [0.05, 0.1) is 39.6 Å². The van der Waals surface area contributed by atoms with Gasteiger partial charge in [0.1, 0.15) is 12.4 Å². The standard InChI is InChI=1S/C33H4.C20H31NO3.C18H26O3.C18H26O2.C17H23FO2/c1-3-5-7-9-11-13-15-17-19-21-23-25-27-29-31-33-32-30-28-26-24-22-20-18-16-14-12-10-8-6-4-2;1-20(2,3)21-13-15-24-17-16-23-14-7-10-19(22)12-11-18-8-5-4-6-9-18;1-18(2,3)12-7-13-20-14-15-21-17(19)11-10-16-8-5-4-6-9-16;1-15-7-9-16(10-8-15)11-12-17(19)20-14-6-5-13-18(2,3)4;1-17(2,3)12-4-5-13-20-16(19)11-8-14-6-9-15(18)10-7-14/h1H,2H3;4-6,8-9,11-12,21H,7,10,13-17H2,1-3H3;4-6,8-11H,7,12-15H2,1-3H3;7-12H,5-6,13-14H2,1-4H3;6-11H,4-5,12-13H2,1-3H3/b;12-11+;11-10+;12-11+;11-8+. The van der Waals surface area contributed by atoms with Crippen molar-refractivity contribution >= 4 is 48.0 Å². The predicted molar refractivity (Wildman–Crippen MR) is 480 cm³/mol. The van der Waals surface area contributed by atoms with Gasteiger partial charge in [0.15, 0.2) is 5.78 Å². The molecule has 11 nitrogen and oxygen atoms in total. The average molecular weight is 1580 g/mol. The summed E-state index contributed by atoms with van der Waals surface area (Å²) >= 11 is 0. The molecule has 0 atom stereocenters. The maximum atomic E-state index is 12.7. The Balaban J connectivity index is 0.00000147. The maximum Gasteiger partial charge on any atom is 0.330 e. The van der Waals surface area contributed by atoms with E-state index in [1.165, 1.54) is 35.9 Å². The van der Waals surface area contributed by atoms with Gasteiger partial charge in [-0.2, -0.15) is 0 Å². The lowest BCUT2D eigenvalue weighted by Gasteiger charge is -2.20. The van der Waals surface area contributed by atoms with E-state index < -0.39 is 0 Å². The Morgan fingerprint density at radius 2 is 0.653 bits per heavy atom. The van der Waals surface area contributed by atoms with E-state index in [1.807, 2.05) is 97.9 Å². The minimum atomic E-state index is -0.356. The fourth-order valence-corrected chi connectivity index (χ4v) is 8.27. The quantitative estimate of drug-likeness (QED) is 0.0165. The molecule has 0 heterocycles. The Hall–Kier alpha value is -13.4.